The third-order valence-electron chi connectivity index (χ3n) is 3.24. The largest absolute Gasteiger partial charge is 0.381 e. The van der Waals surface area contributed by atoms with Crippen LogP contribution < -0.4 is 0 Å². The Kier molecular flexibility index (Phi) is 2.00. The van der Waals surface area contributed by atoms with Gasteiger partial charge < -0.3 is 5.11 Å². The Hall–Kier alpha value is -1.08. The van der Waals surface area contributed by atoms with E-state index in [1.165, 1.54) is 5.56 Å². The summed E-state index contributed by atoms with van der Waals surface area (Å²) >= 11 is 0. The van der Waals surface area contributed by atoms with Crippen molar-refractivity contribution in [2.45, 2.75) is 31.8 Å². The van der Waals surface area contributed by atoms with Gasteiger partial charge in [0.25, 0.3) is 0 Å². The van der Waals surface area contributed by atoms with Crippen LogP contribution >= 0.6 is 0 Å². The lowest BCUT2D eigenvalue weighted by Crippen LogP contribution is -2.23. The fourth-order valence-corrected chi connectivity index (χ4v) is 2.37. The van der Waals surface area contributed by atoms with Gasteiger partial charge in [-0.05, 0) is 36.0 Å². The maximum atomic E-state index is 10.5. The Morgan fingerprint density at radius 2 is 2.14 bits per heavy atom. The van der Waals surface area contributed by atoms with Crippen molar-refractivity contribution < 1.29 is 5.11 Å². The predicted molar refractivity (Wildman–Crippen MR) is 58.2 cm³/mol. The normalized spacial score (nSPS) is 30.1. The molecule has 0 radical (unpaired) electrons. The summed E-state index contributed by atoms with van der Waals surface area (Å²) in [5, 5.41) is 10.5. The van der Waals surface area contributed by atoms with Crippen molar-refractivity contribution in [3.8, 4) is 0 Å². The summed E-state index contributed by atoms with van der Waals surface area (Å²) in [7, 11) is 0. The van der Waals surface area contributed by atoms with Gasteiger partial charge in [0.2, 0.25) is 0 Å². The van der Waals surface area contributed by atoms with Crippen LogP contribution in [0.5, 0.6) is 0 Å². The molecule has 1 aromatic rings. The highest BCUT2D eigenvalue weighted by Crippen LogP contribution is 2.47. The van der Waals surface area contributed by atoms with E-state index in [2.05, 4.69) is 19.6 Å². The predicted octanol–water partition coefficient (Wildman–Crippen LogP) is 2.96. The molecule has 1 N–H and O–H groups in total. The Labute approximate surface area is 85.1 Å². The summed E-state index contributed by atoms with van der Waals surface area (Å²) in [5.41, 5.74) is 2.35. The summed E-state index contributed by atoms with van der Waals surface area (Å²) in [6, 6.07) is 8.11. The minimum Gasteiger partial charge on any atom is -0.381 e. The zero-order valence-corrected chi connectivity index (χ0v) is 8.75. The zero-order chi connectivity index (χ0) is 10.3. The van der Waals surface area contributed by atoms with Gasteiger partial charge in [-0.1, -0.05) is 37.8 Å². The molecule has 0 bridgehead atoms. The lowest BCUT2D eigenvalue weighted by Gasteiger charge is -2.24. The molecule has 1 aromatic carbocycles. The van der Waals surface area contributed by atoms with Crippen LogP contribution in [-0.4, -0.2) is 5.11 Å². The molecule has 1 nitrogen and oxygen atoms in total. The van der Waals surface area contributed by atoms with Gasteiger partial charge in [0, 0.05) is 0 Å². The molecule has 1 aliphatic carbocycles. The van der Waals surface area contributed by atoms with Gasteiger partial charge in [0.1, 0.15) is 5.60 Å². The quantitative estimate of drug-likeness (QED) is 0.672. The van der Waals surface area contributed by atoms with Crippen molar-refractivity contribution in [3.05, 3.63) is 47.5 Å². The van der Waals surface area contributed by atoms with Crippen LogP contribution in [0.4, 0.5) is 0 Å². The number of fused-ring (bicyclic) bond motifs is 1. The van der Waals surface area contributed by atoms with E-state index in [0.29, 0.717) is 5.92 Å². The van der Waals surface area contributed by atoms with Crippen LogP contribution in [0, 0.1) is 0 Å². The van der Waals surface area contributed by atoms with Gasteiger partial charge in [-0.2, -0.15) is 0 Å². The lowest BCUT2D eigenvalue weighted by molar-refractivity contribution is 0.0744. The molecular formula is C13H16O. The monoisotopic (exact) mass is 188 g/mol. The van der Waals surface area contributed by atoms with E-state index in [0.717, 1.165) is 17.6 Å². The number of aliphatic hydroxyl groups is 1. The van der Waals surface area contributed by atoms with Crippen molar-refractivity contribution in [2.24, 2.45) is 0 Å². The molecule has 1 aliphatic rings. The molecule has 0 aromatic heterocycles. The summed E-state index contributed by atoms with van der Waals surface area (Å²) in [6.07, 6.45) is 0.766. The standard InChI is InChI=1S/C13H16O/c1-9(2)13(14)8-10(3)11-6-4-5-7-12(11)13/h4-7,10,14H,1,8H2,2-3H3. The second-order valence-corrected chi connectivity index (χ2v) is 4.33. The molecule has 0 saturated heterocycles. The van der Waals surface area contributed by atoms with Crippen molar-refractivity contribution in [3.63, 3.8) is 0 Å². The average Bonchev–Trinajstić information content (AvgIpc) is 2.42. The maximum absolute atomic E-state index is 10.5. The lowest BCUT2D eigenvalue weighted by atomic mass is 9.89. The van der Waals surface area contributed by atoms with E-state index in [4.69, 9.17) is 0 Å². The van der Waals surface area contributed by atoms with Crippen LogP contribution in [0.1, 0.15) is 37.3 Å². The minimum atomic E-state index is -0.796. The second kappa shape index (κ2) is 2.96. The Bertz CT molecular complexity index is 381. The molecule has 2 unspecified atom stereocenters. The third-order valence-corrected chi connectivity index (χ3v) is 3.24. The number of hydrogen-bond acceptors (Lipinski definition) is 1. The fraction of sp³-hybridized carbons (Fsp3) is 0.385. The van der Waals surface area contributed by atoms with E-state index in [9.17, 15) is 5.11 Å². The second-order valence-electron chi connectivity index (χ2n) is 4.33. The maximum Gasteiger partial charge on any atom is 0.111 e. The first-order valence-corrected chi connectivity index (χ1v) is 5.03. The van der Waals surface area contributed by atoms with Gasteiger partial charge in [-0.15, -0.1) is 0 Å². The number of hydrogen-bond donors (Lipinski definition) is 1. The molecule has 0 saturated carbocycles. The fourth-order valence-electron chi connectivity index (χ4n) is 2.37. The molecule has 0 spiro atoms. The molecule has 0 heterocycles. The van der Waals surface area contributed by atoms with E-state index >= 15 is 0 Å². The van der Waals surface area contributed by atoms with Gasteiger partial charge in [0.15, 0.2) is 0 Å². The molecule has 1 heteroatoms. The van der Waals surface area contributed by atoms with Crippen LogP contribution in [0.3, 0.4) is 0 Å². The van der Waals surface area contributed by atoms with Gasteiger partial charge in [0.05, 0.1) is 0 Å². The summed E-state index contributed by atoms with van der Waals surface area (Å²) in [4.78, 5) is 0. The van der Waals surface area contributed by atoms with Crippen molar-refractivity contribution in [2.75, 3.05) is 0 Å². The number of rotatable bonds is 1. The smallest absolute Gasteiger partial charge is 0.111 e. The van der Waals surface area contributed by atoms with Crippen LogP contribution in [0.25, 0.3) is 0 Å². The van der Waals surface area contributed by atoms with E-state index in [1.807, 2.05) is 25.1 Å². The average molecular weight is 188 g/mol. The van der Waals surface area contributed by atoms with Gasteiger partial charge >= 0.3 is 0 Å². The third kappa shape index (κ3) is 1.12. The molecule has 2 rings (SSSR count). The molecule has 74 valence electrons. The van der Waals surface area contributed by atoms with E-state index in [1.54, 1.807) is 0 Å². The summed E-state index contributed by atoms with van der Waals surface area (Å²) in [6.45, 7) is 7.94. The van der Waals surface area contributed by atoms with Crippen LogP contribution in [0.2, 0.25) is 0 Å². The molecular weight excluding hydrogens is 172 g/mol. The van der Waals surface area contributed by atoms with Crippen molar-refractivity contribution in [1.29, 1.82) is 0 Å². The molecule has 0 amide bonds. The van der Waals surface area contributed by atoms with Crippen molar-refractivity contribution >= 4 is 0 Å². The Morgan fingerprint density at radius 1 is 1.50 bits per heavy atom. The summed E-state index contributed by atoms with van der Waals surface area (Å²) < 4.78 is 0. The van der Waals surface area contributed by atoms with Crippen LogP contribution in [0.15, 0.2) is 36.4 Å². The Morgan fingerprint density at radius 3 is 2.79 bits per heavy atom. The van der Waals surface area contributed by atoms with Gasteiger partial charge in [-0.3, -0.25) is 0 Å². The van der Waals surface area contributed by atoms with Gasteiger partial charge in [-0.25, -0.2) is 0 Å². The van der Waals surface area contributed by atoms with E-state index in [-0.39, 0.29) is 0 Å². The highest BCUT2D eigenvalue weighted by atomic mass is 16.3. The first-order valence-electron chi connectivity index (χ1n) is 5.03. The SMILES string of the molecule is C=C(C)C1(O)CC(C)c2ccccc21. The molecule has 2 atom stereocenters. The first kappa shape index (κ1) is 9.47. The summed E-state index contributed by atoms with van der Waals surface area (Å²) in [5.74, 6) is 0.424. The number of benzene rings is 1. The Balaban J connectivity index is 2.59. The first-order chi connectivity index (χ1) is 6.55. The highest BCUT2D eigenvalue weighted by Gasteiger charge is 2.40. The minimum absolute atomic E-state index is 0.424. The highest BCUT2D eigenvalue weighted by molar-refractivity contribution is 5.44. The molecule has 14 heavy (non-hydrogen) atoms. The topological polar surface area (TPSA) is 20.2 Å². The molecule has 0 fully saturated rings. The zero-order valence-electron chi connectivity index (χ0n) is 8.75. The molecule has 0 aliphatic heterocycles. The van der Waals surface area contributed by atoms with Crippen LogP contribution in [-0.2, 0) is 5.60 Å². The van der Waals surface area contributed by atoms with Crippen molar-refractivity contribution in [1.82, 2.24) is 0 Å². The van der Waals surface area contributed by atoms with E-state index < -0.39 is 5.60 Å².